The van der Waals surface area contributed by atoms with Crippen molar-refractivity contribution in [3.05, 3.63) is 69.1 Å². The zero-order valence-corrected chi connectivity index (χ0v) is 18.8. The number of hydrogen-bond acceptors (Lipinski definition) is 6. The van der Waals surface area contributed by atoms with Gasteiger partial charge in [-0.2, -0.15) is 5.26 Å². The number of carbonyl (C=O) groups is 1. The smallest absolute Gasteiger partial charge is 0.337 e. The number of aryl methyl sites for hydroxylation is 1. The Labute approximate surface area is 194 Å². The van der Waals surface area contributed by atoms with Gasteiger partial charge in [-0.1, -0.05) is 12.1 Å². The van der Waals surface area contributed by atoms with Gasteiger partial charge in [0.1, 0.15) is 11.7 Å². The molecule has 1 fully saturated rings. The number of carboxylic acid groups (broad SMARTS) is 1. The summed E-state index contributed by atoms with van der Waals surface area (Å²) in [5.41, 5.74) is 0.998. The lowest BCUT2D eigenvalue weighted by atomic mass is 10.1. The number of hydrogen-bond donors (Lipinski definition) is 2. The maximum atomic E-state index is 14.2. The molecule has 1 unspecified atom stereocenters. The molecule has 2 aromatic heterocycles. The summed E-state index contributed by atoms with van der Waals surface area (Å²) in [6, 6.07) is 8.33. The number of alkyl halides is 2. The van der Waals surface area contributed by atoms with Crippen LogP contribution in [0, 0.1) is 18.3 Å². The quantitative estimate of drug-likeness (QED) is 0.584. The molecule has 4 rings (SSSR count). The van der Waals surface area contributed by atoms with E-state index >= 15 is 0 Å². The van der Waals surface area contributed by atoms with Gasteiger partial charge in [-0.15, -0.1) is 0 Å². The number of nitrogens with zero attached hydrogens (tertiary/aromatic N) is 4. The molecule has 3 heterocycles. The van der Waals surface area contributed by atoms with E-state index in [0.29, 0.717) is 16.8 Å². The standard InChI is InChI=1S/C24H23F2N5O3/c1-13-10-17(14(2)28-19-7-5-4-6-16(19)23(33)34)20-29-21(18(11-27)22(32)31(20)12-13)30-9-8-24(25,26)15(30)3/h4-7,10,12,14-15,28H,8-9H2,1-3H3,(H,33,34)/t14-,15?/m1/s1. The fraction of sp³-hybridized carbons (Fsp3) is 0.333. The van der Waals surface area contributed by atoms with Crippen molar-refractivity contribution < 1.29 is 18.7 Å². The van der Waals surface area contributed by atoms with Crippen LogP contribution in [0.5, 0.6) is 0 Å². The molecule has 3 aromatic rings. The predicted molar refractivity (Wildman–Crippen MR) is 123 cm³/mol. The summed E-state index contributed by atoms with van der Waals surface area (Å²) < 4.78 is 29.7. The Kier molecular flexibility index (Phi) is 5.73. The van der Waals surface area contributed by atoms with Crippen LogP contribution < -0.4 is 15.8 Å². The Morgan fingerprint density at radius 1 is 1.38 bits per heavy atom. The molecule has 1 aliphatic rings. The molecule has 0 amide bonds. The first-order chi connectivity index (χ1) is 16.0. The molecular formula is C24H23F2N5O3. The van der Waals surface area contributed by atoms with Crippen molar-refractivity contribution in [1.29, 1.82) is 5.26 Å². The number of benzene rings is 1. The normalized spacial score (nSPS) is 18.0. The molecule has 0 saturated carbocycles. The van der Waals surface area contributed by atoms with Gasteiger partial charge in [0.15, 0.2) is 11.4 Å². The SMILES string of the molecule is Cc1cc([C@@H](C)Nc2ccccc2C(=O)O)c2nc(N3CCC(F)(F)C3C)c(C#N)c(=O)n2c1. The number of aromatic carboxylic acids is 1. The van der Waals surface area contributed by atoms with Gasteiger partial charge in [-0.3, -0.25) is 9.20 Å². The largest absolute Gasteiger partial charge is 0.478 e. The average molecular weight is 467 g/mol. The van der Waals surface area contributed by atoms with E-state index < -0.39 is 36.0 Å². The third-order valence-corrected chi connectivity index (χ3v) is 6.21. The molecule has 10 heteroatoms. The van der Waals surface area contributed by atoms with E-state index in [1.54, 1.807) is 44.3 Å². The number of fused-ring (bicyclic) bond motifs is 1. The molecule has 1 aliphatic heterocycles. The zero-order chi connectivity index (χ0) is 24.8. The molecule has 176 valence electrons. The number of nitriles is 1. The lowest BCUT2D eigenvalue weighted by Gasteiger charge is -2.26. The maximum absolute atomic E-state index is 14.2. The Bertz CT molecular complexity index is 1400. The summed E-state index contributed by atoms with van der Waals surface area (Å²) in [7, 11) is 0. The minimum Gasteiger partial charge on any atom is -0.478 e. The highest BCUT2D eigenvalue weighted by atomic mass is 19.3. The monoisotopic (exact) mass is 467 g/mol. The molecule has 0 radical (unpaired) electrons. The first kappa shape index (κ1) is 23.2. The summed E-state index contributed by atoms with van der Waals surface area (Å²) in [6.07, 6.45) is 1.14. The van der Waals surface area contributed by atoms with Gasteiger partial charge in [0.05, 0.1) is 17.6 Å². The second kappa shape index (κ2) is 8.41. The van der Waals surface area contributed by atoms with Gasteiger partial charge >= 0.3 is 5.97 Å². The van der Waals surface area contributed by atoms with Crippen LogP contribution >= 0.6 is 0 Å². The van der Waals surface area contributed by atoms with Crippen molar-refractivity contribution >= 4 is 23.1 Å². The van der Waals surface area contributed by atoms with Crippen molar-refractivity contribution in [2.24, 2.45) is 0 Å². The number of halogens is 2. The van der Waals surface area contributed by atoms with Gasteiger partial charge in [0.25, 0.3) is 11.5 Å². The molecule has 2 atom stereocenters. The predicted octanol–water partition coefficient (Wildman–Crippen LogP) is 3.98. The number of carboxylic acids is 1. The van der Waals surface area contributed by atoms with Crippen LogP contribution in [-0.4, -0.2) is 39.0 Å². The van der Waals surface area contributed by atoms with E-state index in [-0.39, 0.29) is 29.1 Å². The van der Waals surface area contributed by atoms with Crippen molar-refractivity contribution in [3.8, 4) is 6.07 Å². The molecule has 34 heavy (non-hydrogen) atoms. The Morgan fingerprint density at radius 2 is 2.09 bits per heavy atom. The van der Waals surface area contributed by atoms with Crippen LogP contribution in [0.15, 0.2) is 41.3 Å². The summed E-state index contributed by atoms with van der Waals surface area (Å²) in [6.45, 7) is 4.87. The molecule has 0 spiro atoms. The number of para-hydroxylation sites is 1. The highest BCUT2D eigenvalue weighted by molar-refractivity contribution is 5.94. The second-order valence-corrected chi connectivity index (χ2v) is 8.49. The molecule has 1 aromatic carbocycles. The number of anilines is 2. The lowest BCUT2D eigenvalue weighted by Crippen LogP contribution is -2.38. The lowest BCUT2D eigenvalue weighted by molar-refractivity contribution is -0.00187. The van der Waals surface area contributed by atoms with E-state index in [4.69, 9.17) is 0 Å². The number of pyridine rings is 1. The Morgan fingerprint density at radius 3 is 2.71 bits per heavy atom. The first-order valence-electron chi connectivity index (χ1n) is 10.8. The van der Waals surface area contributed by atoms with Crippen LogP contribution in [-0.2, 0) is 0 Å². The summed E-state index contributed by atoms with van der Waals surface area (Å²) in [5.74, 6) is -4.13. The van der Waals surface area contributed by atoms with Crippen LogP contribution in [0.1, 0.15) is 53.4 Å². The van der Waals surface area contributed by atoms with Crippen LogP contribution in [0.3, 0.4) is 0 Å². The van der Waals surface area contributed by atoms with Crippen molar-refractivity contribution in [1.82, 2.24) is 9.38 Å². The number of nitrogens with one attached hydrogen (secondary N) is 1. The van der Waals surface area contributed by atoms with E-state index in [1.165, 1.54) is 22.3 Å². The molecule has 0 aliphatic carbocycles. The molecular weight excluding hydrogens is 444 g/mol. The highest BCUT2D eigenvalue weighted by Crippen LogP contribution is 2.37. The van der Waals surface area contributed by atoms with Gasteiger partial charge in [-0.25, -0.2) is 18.6 Å². The van der Waals surface area contributed by atoms with E-state index in [2.05, 4.69) is 10.3 Å². The highest BCUT2D eigenvalue weighted by Gasteiger charge is 2.47. The second-order valence-electron chi connectivity index (χ2n) is 8.49. The van der Waals surface area contributed by atoms with Crippen molar-refractivity contribution in [3.63, 3.8) is 0 Å². The van der Waals surface area contributed by atoms with Gasteiger partial charge in [0.2, 0.25) is 0 Å². The first-order valence-corrected chi connectivity index (χ1v) is 10.8. The topological polar surface area (TPSA) is 111 Å². The molecule has 8 nitrogen and oxygen atoms in total. The van der Waals surface area contributed by atoms with Crippen molar-refractivity contribution in [2.45, 2.75) is 45.2 Å². The fourth-order valence-electron chi connectivity index (χ4n) is 4.32. The number of aromatic nitrogens is 2. The fourth-order valence-corrected chi connectivity index (χ4v) is 4.32. The van der Waals surface area contributed by atoms with Gasteiger partial charge < -0.3 is 15.3 Å². The van der Waals surface area contributed by atoms with Crippen LogP contribution in [0.4, 0.5) is 20.3 Å². The van der Waals surface area contributed by atoms with Crippen LogP contribution in [0.25, 0.3) is 5.65 Å². The third kappa shape index (κ3) is 3.83. The van der Waals surface area contributed by atoms with Gasteiger partial charge in [0, 0.05) is 30.4 Å². The van der Waals surface area contributed by atoms with Crippen LogP contribution in [0.2, 0.25) is 0 Å². The summed E-state index contributed by atoms with van der Waals surface area (Å²) in [5, 5.41) is 22.3. The number of rotatable bonds is 5. The minimum atomic E-state index is -2.97. The summed E-state index contributed by atoms with van der Waals surface area (Å²) in [4.78, 5) is 30.7. The third-order valence-electron chi connectivity index (χ3n) is 6.21. The minimum absolute atomic E-state index is 0.0353. The molecule has 0 bridgehead atoms. The summed E-state index contributed by atoms with van der Waals surface area (Å²) >= 11 is 0. The van der Waals surface area contributed by atoms with E-state index in [1.807, 2.05) is 6.07 Å². The van der Waals surface area contributed by atoms with Crippen molar-refractivity contribution in [2.75, 3.05) is 16.8 Å². The van der Waals surface area contributed by atoms with E-state index in [9.17, 15) is 28.7 Å². The van der Waals surface area contributed by atoms with E-state index in [0.717, 1.165) is 0 Å². The average Bonchev–Trinajstić information content (AvgIpc) is 3.06. The Hall–Kier alpha value is -4.00. The Balaban J connectivity index is 1.89. The maximum Gasteiger partial charge on any atom is 0.337 e. The molecule has 2 N–H and O–H groups in total. The molecule has 1 saturated heterocycles. The zero-order valence-electron chi connectivity index (χ0n) is 18.8. The van der Waals surface area contributed by atoms with Gasteiger partial charge in [-0.05, 0) is 44.5 Å².